The SMILES string of the molecule is C[C@@H](NC(=O)COc1ccccc1Br)c1ccc2c(c1)OCO2. The third-order valence-corrected chi connectivity index (χ3v) is 4.12. The first kappa shape index (κ1) is 15.7. The fourth-order valence-corrected chi connectivity index (χ4v) is 2.65. The highest BCUT2D eigenvalue weighted by Gasteiger charge is 2.17. The molecule has 0 fully saturated rings. The molecular formula is C17H16BrNO4. The van der Waals surface area contributed by atoms with Crippen LogP contribution in [0, 0.1) is 0 Å². The quantitative estimate of drug-likeness (QED) is 0.866. The van der Waals surface area contributed by atoms with Crippen molar-refractivity contribution in [2.75, 3.05) is 13.4 Å². The van der Waals surface area contributed by atoms with Gasteiger partial charge in [-0.15, -0.1) is 0 Å². The van der Waals surface area contributed by atoms with E-state index in [0.717, 1.165) is 15.8 Å². The van der Waals surface area contributed by atoms with E-state index in [1.165, 1.54) is 0 Å². The zero-order chi connectivity index (χ0) is 16.2. The third kappa shape index (κ3) is 3.76. The Labute approximate surface area is 142 Å². The van der Waals surface area contributed by atoms with Gasteiger partial charge in [0.2, 0.25) is 6.79 Å². The highest BCUT2D eigenvalue weighted by Crippen LogP contribution is 2.34. The molecule has 2 aromatic rings. The maximum atomic E-state index is 12.0. The molecular weight excluding hydrogens is 362 g/mol. The van der Waals surface area contributed by atoms with Crippen LogP contribution in [-0.2, 0) is 4.79 Å². The van der Waals surface area contributed by atoms with Crippen molar-refractivity contribution < 1.29 is 19.0 Å². The van der Waals surface area contributed by atoms with Gasteiger partial charge in [0.15, 0.2) is 18.1 Å². The minimum absolute atomic E-state index is 0.0441. The molecule has 3 rings (SSSR count). The molecule has 0 bridgehead atoms. The number of hydrogen-bond donors (Lipinski definition) is 1. The van der Waals surface area contributed by atoms with Crippen LogP contribution in [0.15, 0.2) is 46.9 Å². The number of nitrogens with one attached hydrogen (secondary N) is 1. The van der Waals surface area contributed by atoms with Crippen LogP contribution in [0.1, 0.15) is 18.5 Å². The van der Waals surface area contributed by atoms with Crippen LogP contribution < -0.4 is 19.5 Å². The Balaban J connectivity index is 1.56. The average molecular weight is 378 g/mol. The summed E-state index contributed by atoms with van der Waals surface area (Å²) in [6, 6.07) is 12.9. The van der Waals surface area contributed by atoms with Gasteiger partial charge in [-0.05, 0) is 52.7 Å². The first-order valence-electron chi connectivity index (χ1n) is 7.20. The number of para-hydroxylation sites is 1. The normalized spacial score (nSPS) is 13.5. The van der Waals surface area contributed by atoms with Gasteiger partial charge in [-0.2, -0.15) is 0 Å². The summed E-state index contributed by atoms with van der Waals surface area (Å²) in [4.78, 5) is 12.0. The van der Waals surface area contributed by atoms with Crippen molar-refractivity contribution in [3.63, 3.8) is 0 Å². The highest BCUT2D eigenvalue weighted by molar-refractivity contribution is 9.10. The van der Waals surface area contributed by atoms with E-state index < -0.39 is 0 Å². The predicted molar refractivity (Wildman–Crippen MR) is 88.8 cm³/mol. The molecule has 0 aromatic heterocycles. The maximum Gasteiger partial charge on any atom is 0.258 e. The number of carbonyl (C=O) groups is 1. The summed E-state index contributed by atoms with van der Waals surface area (Å²) >= 11 is 3.38. The standard InChI is InChI=1S/C17H16BrNO4/c1-11(12-6-7-15-16(8-12)23-10-22-15)19-17(20)9-21-14-5-3-2-4-13(14)18/h2-8,11H,9-10H2,1H3,(H,19,20)/t11-/m1/s1. The summed E-state index contributed by atoms with van der Waals surface area (Å²) in [7, 11) is 0. The molecule has 0 saturated carbocycles. The summed E-state index contributed by atoms with van der Waals surface area (Å²) in [6.45, 7) is 2.10. The molecule has 1 N–H and O–H groups in total. The summed E-state index contributed by atoms with van der Waals surface area (Å²) in [6.07, 6.45) is 0. The molecule has 1 aliphatic heterocycles. The van der Waals surface area contributed by atoms with Gasteiger partial charge in [0, 0.05) is 0 Å². The summed E-state index contributed by atoms with van der Waals surface area (Å²) in [5.41, 5.74) is 0.948. The van der Waals surface area contributed by atoms with Crippen LogP contribution in [0.3, 0.4) is 0 Å². The molecule has 5 nitrogen and oxygen atoms in total. The minimum atomic E-state index is -0.189. The van der Waals surface area contributed by atoms with Crippen molar-refractivity contribution >= 4 is 21.8 Å². The Kier molecular flexibility index (Phi) is 4.71. The molecule has 0 aliphatic carbocycles. The second-order valence-electron chi connectivity index (χ2n) is 5.12. The summed E-state index contributed by atoms with van der Waals surface area (Å²) in [5.74, 6) is 1.88. The van der Waals surface area contributed by atoms with E-state index in [2.05, 4.69) is 21.2 Å². The van der Waals surface area contributed by atoms with Crippen molar-refractivity contribution in [2.45, 2.75) is 13.0 Å². The van der Waals surface area contributed by atoms with Gasteiger partial charge in [-0.3, -0.25) is 4.79 Å². The van der Waals surface area contributed by atoms with Crippen LogP contribution in [-0.4, -0.2) is 19.3 Å². The lowest BCUT2D eigenvalue weighted by molar-refractivity contribution is -0.123. The first-order chi connectivity index (χ1) is 11.1. The van der Waals surface area contributed by atoms with Crippen molar-refractivity contribution in [1.29, 1.82) is 0 Å². The number of benzene rings is 2. The molecule has 6 heteroatoms. The third-order valence-electron chi connectivity index (χ3n) is 3.47. The number of hydrogen-bond acceptors (Lipinski definition) is 4. The number of carbonyl (C=O) groups excluding carboxylic acids is 1. The molecule has 0 unspecified atom stereocenters. The topological polar surface area (TPSA) is 56.8 Å². The molecule has 0 saturated heterocycles. The average Bonchev–Trinajstić information content (AvgIpc) is 3.01. The zero-order valence-corrected chi connectivity index (χ0v) is 14.1. The van der Waals surface area contributed by atoms with Crippen molar-refractivity contribution in [2.24, 2.45) is 0 Å². The first-order valence-corrected chi connectivity index (χ1v) is 7.99. The smallest absolute Gasteiger partial charge is 0.258 e. The van der Waals surface area contributed by atoms with E-state index in [0.29, 0.717) is 11.5 Å². The molecule has 1 heterocycles. The van der Waals surface area contributed by atoms with Crippen LogP contribution in [0.4, 0.5) is 0 Å². The molecule has 0 spiro atoms. The van der Waals surface area contributed by atoms with Gasteiger partial charge in [0.1, 0.15) is 5.75 Å². The fourth-order valence-electron chi connectivity index (χ4n) is 2.25. The van der Waals surface area contributed by atoms with Gasteiger partial charge in [-0.1, -0.05) is 18.2 Å². The van der Waals surface area contributed by atoms with Crippen LogP contribution in [0.25, 0.3) is 0 Å². The van der Waals surface area contributed by atoms with Crippen molar-refractivity contribution in [1.82, 2.24) is 5.32 Å². The lowest BCUT2D eigenvalue weighted by atomic mass is 10.1. The Morgan fingerprint density at radius 2 is 2.04 bits per heavy atom. The van der Waals surface area contributed by atoms with Gasteiger partial charge in [0.05, 0.1) is 10.5 Å². The molecule has 2 aromatic carbocycles. The zero-order valence-electron chi connectivity index (χ0n) is 12.5. The monoisotopic (exact) mass is 377 g/mol. The van der Waals surface area contributed by atoms with E-state index in [9.17, 15) is 4.79 Å². The number of fused-ring (bicyclic) bond motifs is 1. The van der Waals surface area contributed by atoms with Crippen LogP contribution in [0.5, 0.6) is 17.2 Å². The second-order valence-corrected chi connectivity index (χ2v) is 5.98. The minimum Gasteiger partial charge on any atom is -0.483 e. The Morgan fingerprint density at radius 3 is 2.87 bits per heavy atom. The van der Waals surface area contributed by atoms with E-state index in [1.807, 2.05) is 43.3 Å². The van der Waals surface area contributed by atoms with Crippen LogP contribution in [0.2, 0.25) is 0 Å². The highest BCUT2D eigenvalue weighted by atomic mass is 79.9. The van der Waals surface area contributed by atoms with Gasteiger partial charge < -0.3 is 19.5 Å². The number of halogens is 1. The largest absolute Gasteiger partial charge is 0.483 e. The van der Waals surface area contributed by atoms with Crippen LogP contribution >= 0.6 is 15.9 Å². The fraction of sp³-hybridized carbons (Fsp3) is 0.235. The lowest BCUT2D eigenvalue weighted by Gasteiger charge is -2.15. The second kappa shape index (κ2) is 6.91. The number of rotatable bonds is 5. The van der Waals surface area contributed by atoms with E-state index in [-0.39, 0.29) is 25.3 Å². The molecule has 0 radical (unpaired) electrons. The van der Waals surface area contributed by atoms with E-state index in [1.54, 1.807) is 6.07 Å². The molecule has 1 atom stereocenters. The number of amides is 1. The van der Waals surface area contributed by atoms with E-state index >= 15 is 0 Å². The van der Waals surface area contributed by atoms with Gasteiger partial charge in [-0.25, -0.2) is 0 Å². The Morgan fingerprint density at radius 1 is 1.26 bits per heavy atom. The Bertz CT molecular complexity index is 719. The van der Waals surface area contributed by atoms with Gasteiger partial charge in [0.25, 0.3) is 5.91 Å². The van der Waals surface area contributed by atoms with E-state index in [4.69, 9.17) is 14.2 Å². The summed E-state index contributed by atoms with van der Waals surface area (Å²) < 4.78 is 16.9. The molecule has 120 valence electrons. The molecule has 1 aliphatic rings. The van der Waals surface area contributed by atoms with Crippen molar-refractivity contribution in [3.05, 3.63) is 52.5 Å². The molecule has 1 amide bonds. The maximum absolute atomic E-state index is 12.0. The van der Waals surface area contributed by atoms with Gasteiger partial charge >= 0.3 is 0 Å². The van der Waals surface area contributed by atoms with Crippen molar-refractivity contribution in [3.8, 4) is 17.2 Å². The molecule has 23 heavy (non-hydrogen) atoms. The number of ether oxygens (including phenoxy) is 3. The lowest BCUT2D eigenvalue weighted by Crippen LogP contribution is -2.31. The Hall–Kier alpha value is -2.21. The summed E-state index contributed by atoms with van der Waals surface area (Å²) in [5, 5.41) is 2.90. The predicted octanol–water partition coefficient (Wildman–Crippen LogP) is 3.43.